The number of nitrogens with zero attached hydrogens (tertiary/aromatic N) is 1. The van der Waals surface area contributed by atoms with Crippen LogP contribution >= 0.6 is 31.9 Å². The molecule has 1 N–H and O–H groups in total. The summed E-state index contributed by atoms with van der Waals surface area (Å²) >= 11 is 6.81. The van der Waals surface area contributed by atoms with Gasteiger partial charge in [-0.2, -0.15) is 0 Å². The van der Waals surface area contributed by atoms with Gasteiger partial charge in [0.2, 0.25) is 0 Å². The number of carbonyl (C=O) groups excluding carboxylic acids is 2. The average Bonchev–Trinajstić information content (AvgIpc) is 2.96. The second-order valence-corrected chi connectivity index (χ2v) is 10.7. The van der Waals surface area contributed by atoms with Gasteiger partial charge in [0.1, 0.15) is 0 Å². The summed E-state index contributed by atoms with van der Waals surface area (Å²) in [4.78, 5) is 28.3. The molecule has 0 saturated carbocycles. The van der Waals surface area contributed by atoms with Gasteiger partial charge in [-0.1, -0.05) is 76.0 Å². The molecule has 1 unspecified atom stereocenters. The Balaban J connectivity index is 1.72. The van der Waals surface area contributed by atoms with Crippen LogP contribution in [0.2, 0.25) is 0 Å². The number of halogens is 2. The standard InChI is InChI=1S/C27H25Br2NO3/c1-16(2)19-5-4-17(3)20(12-19)15-30-24-11-10-22(29)13-23(24)27(33,26(30)32)14-25(31)18-6-8-21(28)9-7-18/h4-13,16,33H,14-15H2,1-3H3. The van der Waals surface area contributed by atoms with E-state index in [1.165, 1.54) is 5.56 Å². The second kappa shape index (κ2) is 9.16. The fraction of sp³-hybridized carbons (Fsp3) is 0.259. The van der Waals surface area contributed by atoms with Gasteiger partial charge < -0.3 is 10.0 Å². The number of benzene rings is 3. The van der Waals surface area contributed by atoms with Gasteiger partial charge in [-0.05, 0) is 59.9 Å². The molecule has 1 amide bonds. The minimum absolute atomic E-state index is 0.288. The van der Waals surface area contributed by atoms with E-state index in [1.54, 1.807) is 35.2 Å². The van der Waals surface area contributed by atoms with Crippen molar-refractivity contribution >= 4 is 49.2 Å². The summed E-state index contributed by atoms with van der Waals surface area (Å²) in [5, 5.41) is 11.6. The number of hydrogen-bond donors (Lipinski definition) is 1. The van der Waals surface area contributed by atoms with Crippen LogP contribution in [0.5, 0.6) is 0 Å². The van der Waals surface area contributed by atoms with Crippen LogP contribution in [0.3, 0.4) is 0 Å². The van der Waals surface area contributed by atoms with Crippen LogP contribution < -0.4 is 4.90 Å². The van der Waals surface area contributed by atoms with E-state index in [2.05, 4.69) is 63.9 Å². The highest BCUT2D eigenvalue weighted by molar-refractivity contribution is 9.10. The van der Waals surface area contributed by atoms with Crippen molar-refractivity contribution in [1.82, 2.24) is 0 Å². The third-order valence-electron chi connectivity index (χ3n) is 6.24. The molecule has 1 heterocycles. The van der Waals surface area contributed by atoms with Crippen molar-refractivity contribution in [3.05, 3.63) is 97.4 Å². The van der Waals surface area contributed by atoms with Gasteiger partial charge in [0.25, 0.3) is 5.91 Å². The summed E-state index contributed by atoms with van der Waals surface area (Å²) in [6, 6.07) is 18.6. The van der Waals surface area contributed by atoms with E-state index in [-0.39, 0.29) is 12.2 Å². The molecule has 0 fully saturated rings. The van der Waals surface area contributed by atoms with E-state index < -0.39 is 11.5 Å². The number of aliphatic hydroxyl groups is 1. The summed E-state index contributed by atoms with van der Waals surface area (Å²) < 4.78 is 1.59. The molecule has 1 atom stereocenters. The number of anilines is 1. The first-order chi connectivity index (χ1) is 15.6. The molecule has 3 aromatic carbocycles. The Morgan fingerprint density at radius 1 is 1.00 bits per heavy atom. The summed E-state index contributed by atoms with van der Waals surface area (Å²) in [6.07, 6.45) is -0.321. The molecule has 1 aliphatic heterocycles. The number of aryl methyl sites for hydroxylation is 1. The second-order valence-electron chi connectivity index (χ2n) is 8.86. The molecule has 0 aliphatic carbocycles. The zero-order valence-electron chi connectivity index (χ0n) is 18.7. The molecule has 170 valence electrons. The van der Waals surface area contributed by atoms with Crippen LogP contribution in [0.15, 0.2) is 69.6 Å². The Morgan fingerprint density at radius 3 is 2.33 bits per heavy atom. The Bertz CT molecular complexity index is 1240. The van der Waals surface area contributed by atoms with Crippen molar-refractivity contribution in [1.29, 1.82) is 0 Å². The van der Waals surface area contributed by atoms with Crippen LogP contribution in [-0.4, -0.2) is 16.8 Å². The first-order valence-electron chi connectivity index (χ1n) is 10.8. The lowest BCUT2D eigenvalue weighted by molar-refractivity contribution is -0.136. The highest BCUT2D eigenvalue weighted by atomic mass is 79.9. The lowest BCUT2D eigenvalue weighted by Gasteiger charge is -2.24. The number of Topliss-reactive ketones (excluding diaryl/α,β-unsaturated/α-hetero) is 1. The van der Waals surface area contributed by atoms with E-state index in [0.29, 0.717) is 29.3 Å². The average molecular weight is 571 g/mol. The first-order valence-corrected chi connectivity index (χ1v) is 12.4. The number of hydrogen-bond acceptors (Lipinski definition) is 3. The zero-order valence-corrected chi connectivity index (χ0v) is 21.9. The topological polar surface area (TPSA) is 57.6 Å². The molecule has 0 spiro atoms. The molecular weight excluding hydrogens is 546 g/mol. The van der Waals surface area contributed by atoms with Crippen LogP contribution in [0.25, 0.3) is 0 Å². The number of carbonyl (C=O) groups is 2. The highest BCUT2D eigenvalue weighted by Crippen LogP contribution is 2.45. The molecule has 0 radical (unpaired) electrons. The van der Waals surface area contributed by atoms with E-state index >= 15 is 0 Å². The van der Waals surface area contributed by atoms with Crippen molar-refractivity contribution < 1.29 is 14.7 Å². The predicted octanol–water partition coefficient (Wildman–Crippen LogP) is 6.65. The maximum absolute atomic E-state index is 13.7. The van der Waals surface area contributed by atoms with Gasteiger partial charge >= 0.3 is 0 Å². The summed E-state index contributed by atoms with van der Waals surface area (Å²) in [5.74, 6) is -0.401. The molecule has 1 aliphatic rings. The molecule has 0 aromatic heterocycles. The normalized spacial score (nSPS) is 17.5. The van der Waals surface area contributed by atoms with E-state index in [4.69, 9.17) is 0 Å². The summed E-state index contributed by atoms with van der Waals surface area (Å²) in [5.41, 5.74) is 2.90. The lowest BCUT2D eigenvalue weighted by Crippen LogP contribution is -2.41. The monoisotopic (exact) mass is 569 g/mol. The van der Waals surface area contributed by atoms with Crippen LogP contribution in [0, 0.1) is 6.92 Å². The van der Waals surface area contributed by atoms with Crippen LogP contribution in [0.4, 0.5) is 5.69 Å². The highest BCUT2D eigenvalue weighted by Gasteiger charge is 2.51. The molecule has 3 aromatic rings. The SMILES string of the molecule is Cc1ccc(C(C)C)cc1CN1C(=O)C(O)(CC(=O)c2ccc(Br)cc2)c2cc(Br)ccc21. The molecule has 33 heavy (non-hydrogen) atoms. The van der Waals surface area contributed by atoms with Gasteiger partial charge in [-0.15, -0.1) is 0 Å². The zero-order chi connectivity index (χ0) is 23.9. The van der Waals surface area contributed by atoms with Crippen LogP contribution in [0.1, 0.15) is 58.8 Å². The van der Waals surface area contributed by atoms with E-state index in [9.17, 15) is 14.7 Å². The van der Waals surface area contributed by atoms with Gasteiger partial charge in [0.05, 0.1) is 18.7 Å². The quantitative estimate of drug-likeness (QED) is 0.337. The minimum atomic E-state index is -1.92. The molecule has 6 heteroatoms. The smallest absolute Gasteiger partial charge is 0.264 e. The largest absolute Gasteiger partial charge is 0.375 e. The fourth-order valence-corrected chi connectivity index (χ4v) is 4.84. The van der Waals surface area contributed by atoms with Crippen LogP contribution in [-0.2, 0) is 16.9 Å². The van der Waals surface area contributed by atoms with E-state index in [1.807, 2.05) is 19.1 Å². The van der Waals surface area contributed by atoms with E-state index in [0.717, 1.165) is 20.1 Å². The molecule has 0 bridgehead atoms. The number of ketones is 1. The van der Waals surface area contributed by atoms with Crippen molar-refractivity contribution in [2.24, 2.45) is 0 Å². The summed E-state index contributed by atoms with van der Waals surface area (Å²) in [6.45, 7) is 6.61. The predicted molar refractivity (Wildman–Crippen MR) is 138 cm³/mol. The molecule has 4 nitrogen and oxygen atoms in total. The van der Waals surface area contributed by atoms with Crippen molar-refractivity contribution in [3.8, 4) is 0 Å². The minimum Gasteiger partial charge on any atom is -0.375 e. The number of fused-ring (bicyclic) bond motifs is 1. The van der Waals surface area contributed by atoms with Crippen molar-refractivity contribution in [2.45, 2.75) is 45.3 Å². The maximum atomic E-state index is 13.7. The molecular formula is C27H25Br2NO3. The first kappa shape index (κ1) is 23.9. The Hall–Kier alpha value is -2.28. The van der Waals surface area contributed by atoms with Crippen molar-refractivity contribution in [3.63, 3.8) is 0 Å². The Morgan fingerprint density at radius 2 is 1.67 bits per heavy atom. The van der Waals surface area contributed by atoms with Gasteiger partial charge in [-0.25, -0.2) is 0 Å². The lowest BCUT2D eigenvalue weighted by atomic mass is 9.88. The summed E-state index contributed by atoms with van der Waals surface area (Å²) in [7, 11) is 0. The fourth-order valence-electron chi connectivity index (χ4n) is 4.21. The Kier molecular flexibility index (Phi) is 6.63. The molecule has 0 saturated heterocycles. The third-order valence-corrected chi connectivity index (χ3v) is 7.27. The Labute approximate surface area is 210 Å². The van der Waals surface area contributed by atoms with Gasteiger partial charge in [0, 0.05) is 20.1 Å². The van der Waals surface area contributed by atoms with Gasteiger partial charge in [0.15, 0.2) is 11.4 Å². The number of rotatable bonds is 6. The maximum Gasteiger partial charge on any atom is 0.264 e. The van der Waals surface area contributed by atoms with Gasteiger partial charge in [-0.3, -0.25) is 9.59 Å². The number of amides is 1. The van der Waals surface area contributed by atoms with Crippen molar-refractivity contribution in [2.75, 3.05) is 4.90 Å². The molecule has 4 rings (SSSR count). The third kappa shape index (κ3) is 4.57.